The smallest absolute Gasteiger partial charge is 0.264 e. The summed E-state index contributed by atoms with van der Waals surface area (Å²) in [5.74, 6) is 0.925. The Balaban J connectivity index is 1.59. The number of rotatable bonds is 11. The molecular weight excluding hydrogens is 512 g/mol. The van der Waals surface area contributed by atoms with Gasteiger partial charge in [-0.1, -0.05) is 54.6 Å². The zero-order chi connectivity index (χ0) is 27.8. The van der Waals surface area contributed by atoms with Gasteiger partial charge in [0.25, 0.3) is 15.9 Å². The summed E-state index contributed by atoms with van der Waals surface area (Å²) in [6.07, 6.45) is 0. The first kappa shape index (κ1) is 27.7. The Bertz CT molecular complexity index is 1520. The Morgan fingerprint density at radius 2 is 1.54 bits per heavy atom. The number of amides is 1. The maximum atomic E-state index is 13.9. The van der Waals surface area contributed by atoms with Crippen molar-refractivity contribution in [3.8, 4) is 11.5 Å². The van der Waals surface area contributed by atoms with Gasteiger partial charge in [-0.15, -0.1) is 0 Å². The number of benzene rings is 4. The number of nitrogens with zero attached hydrogens (tertiary/aromatic N) is 1. The minimum Gasteiger partial charge on any atom is -0.497 e. The van der Waals surface area contributed by atoms with Gasteiger partial charge in [0.1, 0.15) is 18.1 Å². The Kier molecular flexibility index (Phi) is 8.88. The van der Waals surface area contributed by atoms with E-state index in [1.165, 1.54) is 23.5 Å². The molecule has 0 radical (unpaired) electrons. The third kappa shape index (κ3) is 6.59. The van der Waals surface area contributed by atoms with Crippen LogP contribution in [0.4, 0.5) is 5.69 Å². The largest absolute Gasteiger partial charge is 0.497 e. The second-order valence-electron chi connectivity index (χ2n) is 8.99. The van der Waals surface area contributed by atoms with E-state index >= 15 is 0 Å². The van der Waals surface area contributed by atoms with Crippen molar-refractivity contribution in [3.63, 3.8) is 0 Å². The van der Waals surface area contributed by atoms with Crippen molar-refractivity contribution >= 4 is 21.6 Å². The Morgan fingerprint density at radius 1 is 0.846 bits per heavy atom. The van der Waals surface area contributed by atoms with E-state index in [4.69, 9.17) is 9.47 Å². The molecule has 4 aromatic carbocycles. The minimum absolute atomic E-state index is 0.0508. The fourth-order valence-electron chi connectivity index (χ4n) is 4.11. The number of para-hydroxylation sites is 1. The van der Waals surface area contributed by atoms with E-state index in [1.54, 1.807) is 36.4 Å². The lowest BCUT2D eigenvalue weighted by Gasteiger charge is -2.26. The predicted octanol–water partition coefficient (Wildman–Crippen LogP) is 5.52. The van der Waals surface area contributed by atoms with Gasteiger partial charge < -0.3 is 14.8 Å². The summed E-state index contributed by atoms with van der Waals surface area (Å²) in [7, 11) is -2.51. The molecule has 39 heavy (non-hydrogen) atoms. The minimum atomic E-state index is -4.03. The molecule has 4 rings (SSSR count). The lowest BCUT2D eigenvalue weighted by molar-refractivity contribution is 0.0947. The molecule has 1 amide bonds. The Hall–Kier alpha value is -4.30. The van der Waals surface area contributed by atoms with E-state index in [0.717, 1.165) is 22.4 Å². The molecule has 0 heterocycles. The number of hydrogen-bond donors (Lipinski definition) is 1. The third-order valence-corrected chi connectivity index (χ3v) is 8.21. The summed E-state index contributed by atoms with van der Waals surface area (Å²) in [6, 6.07) is 28.0. The molecule has 1 N–H and O–H groups in total. The van der Waals surface area contributed by atoms with Crippen LogP contribution in [-0.4, -0.2) is 34.6 Å². The quantitative estimate of drug-likeness (QED) is 0.252. The topological polar surface area (TPSA) is 84.9 Å². The van der Waals surface area contributed by atoms with Gasteiger partial charge in [0.05, 0.1) is 36.3 Å². The summed E-state index contributed by atoms with van der Waals surface area (Å²) in [6.45, 7) is 4.59. The van der Waals surface area contributed by atoms with Gasteiger partial charge in [-0.2, -0.15) is 0 Å². The van der Waals surface area contributed by atoms with Crippen LogP contribution in [0.15, 0.2) is 102 Å². The van der Waals surface area contributed by atoms with Gasteiger partial charge >= 0.3 is 0 Å². The van der Waals surface area contributed by atoms with E-state index in [0.29, 0.717) is 5.75 Å². The first-order valence-electron chi connectivity index (χ1n) is 12.6. The second kappa shape index (κ2) is 12.5. The van der Waals surface area contributed by atoms with Crippen LogP contribution in [0.25, 0.3) is 0 Å². The van der Waals surface area contributed by atoms with Crippen LogP contribution in [0.5, 0.6) is 11.5 Å². The zero-order valence-corrected chi connectivity index (χ0v) is 23.1. The number of nitrogens with one attached hydrogen (secondary N) is 1. The summed E-state index contributed by atoms with van der Waals surface area (Å²) in [5, 5.41) is 2.87. The first-order chi connectivity index (χ1) is 18.8. The van der Waals surface area contributed by atoms with Crippen LogP contribution in [0.1, 0.15) is 27.0 Å². The molecule has 0 aliphatic rings. The standard InChI is InChI=1S/C31H32N2O5S/c1-23-10-9-15-30(24(23)2)38-21-20-32-31(34)28-13-7-8-14-29(28)33(22-25-11-5-4-6-12-25)39(35,36)27-18-16-26(37-3)17-19-27/h4-19H,20-22H2,1-3H3,(H,32,34). The molecule has 202 valence electrons. The first-order valence-corrected chi connectivity index (χ1v) is 14.0. The van der Waals surface area contributed by atoms with Crippen LogP contribution < -0.4 is 19.1 Å². The van der Waals surface area contributed by atoms with E-state index in [9.17, 15) is 13.2 Å². The average molecular weight is 545 g/mol. The molecule has 0 aliphatic carbocycles. The van der Waals surface area contributed by atoms with E-state index < -0.39 is 15.9 Å². The average Bonchev–Trinajstić information content (AvgIpc) is 2.96. The van der Waals surface area contributed by atoms with Crippen molar-refractivity contribution in [1.82, 2.24) is 5.32 Å². The van der Waals surface area contributed by atoms with Gasteiger partial charge in [-0.3, -0.25) is 9.10 Å². The van der Waals surface area contributed by atoms with Crippen LogP contribution in [0, 0.1) is 13.8 Å². The van der Waals surface area contributed by atoms with Crippen molar-refractivity contribution < 1.29 is 22.7 Å². The molecule has 0 aliphatic heterocycles. The van der Waals surface area contributed by atoms with Gasteiger partial charge in [0, 0.05) is 0 Å². The molecule has 0 atom stereocenters. The highest BCUT2D eigenvalue weighted by molar-refractivity contribution is 7.92. The summed E-state index contributed by atoms with van der Waals surface area (Å²) in [4.78, 5) is 13.4. The molecule has 0 saturated carbocycles. The highest BCUT2D eigenvalue weighted by Gasteiger charge is 2.28. The van der Waals surface area contributed by atoms with Crippen LogP contribution in [0.3, 0.4) is 0 Å². The number of anilines is 1. The maximum Gasteiger partial charge on any atom is 0.264 e. The van der Waals surface area contributed by atoms with E-state index in [2.05, 4.69) is 5.32 Å². The highest BCUT2D eigenvalue weighted by Crippen LogP contribution is 2.30. The molecule has 0 fully saturated rings. The van der Waals surface area contributed by atoms with E-state index in [1.807, 2.05) is 62.4 Å². The van der Waals surface area contributed by atoms with Gasteiger partial charge in [0.15, 0.2) is 0 Å². The fraction of sp³-hybridized carbons (Fsp3) is 0.194. The molecule has 0 spiro atoms. The predicted molar refractivity (Wildman–Crippen MR) is 153 cm³/mol. The lowest BCUT2D eigenvalue weighted by Crippen LogP contribution is -2.34. The number of aryl methyl sites for hydroxylation is 1. The third-order valence-electron chi connectivity index (χ3n) is 6.43. The zero-order valence-electron chi connectivity index (χ0n) is 22.3. The number of sulfonamides is 1. The number of hydrogen-bond acceptors (Lipinski definition) is 5. The molecule has 0 saturated heterocycles. The normalized spacial score (nSPS) is 11.1. The lowest BCUT2D eigenvalue weighted by atomic mass is 10.1. The number of methoxy groups -OCH3 is 1. The van der Waals surface area contributed by atoms with Crippen molar-refractivity contribution in [2.24, 2.45) is 0 Å². The summed E-state index contributed by atoms with van der Waals surface area (Å²) < 4.78 is 40.2. The van der Waals surface area contributed by atoms with Crippen molar-refractivity contribution in [1.29, 1.82) is 0 Å². The maximum absolute atomic E-state index is 13.9. The molecule has 4 aromatic rings. The van der Waals surface area contributed by atoms with Crippen molar-refractivity contribution in [3.05, 3.63) is 119 Å². The summed E-state index contributed by atoms with van der Waals surface area (Å²) >= 11 is 0. The molecule has 0 unspecified atom stereocenters. The van der Waals surface area contributed by atoms with Crippen molar-refractivity contribution in [2.75, 3.05) is 24.6 Å². The number of carbonyl (C=O) groups is 1. The fourth-order valence-corrected chi connectivity index (χ4v) is 5.58. The molecule has 8 heteroatoms. The van der Waals surface area contributed by atoms with Gasteiger partial charge in [-0.05, 0) is 73.0 Å². The van der Waals surface area contributed by atoms with Gasteiger partial charge in [0.2, 0.25) is 0 Å². The van der Waals surface area contributed by atoms with Crippen LogP contribution in [-0.2, 0) is 16.6 Å². The number of carbonyl (C=O) groups excluding carboxylic acids is 1. The van der Waals surface area contributed by atoms with Gasteiger partial charge in [-0.25, -0.2) is 8.42 Å². The van der Waals surface area contributed by atoms with Crippen LogP contribution >= 0.6 is 0 Å². The monoisotopic (exact) mass is 544 g/mol. The Labute approximate surface area is 230 Å². The molecular formula is C31H32N2O5S. The molecule has 0 bridgehead atoms. The Morgan fingerprint density at radius 3 is 2.26 bits per heavy atom. The highest BCUT2D eigenvalue weighted by atomic mass is 32.2. The van der Waals surface area contributed by atoms with Crippen molar-refractivity contribution in [2.45, 2.75) is 25.3 Å². The van der Waals surface area contributed by atoms with Crippen LogP contribution in [0.2, 0.25) is 0 Å². The molecule has 0 aromatic heterocycles. The SMILES string of the molecule is COc1ccc(S(=O)(=O)N(Cc2ccccc2)c2ccccc2C(=O)NCCOc2cccc(C)c2C)cc1. The second-order valence-corrected chi connectivity index (χ2v) is 10.9. The van der Waals surface area contributed by atoms with E-state index in [-0.39, 0.29) is 35.8 Å². The number of ether oxygens (including phenoxy) is 2. The summed E-state index contributed by atoms with van der Waals surface area (Å²) in [5.41, 5.74) is 3.49. The molecule has 7 nitrogen and oxygen atoms in total.